The molecule has 0 aromatic heterocycles. The predicted molar refractivity (Wildman–Crippen MR) is 65.4 cm³/mol. The molecule has 0 amide bonds. The van der Waals surface area contributed by atoms with Gasteiger partial charge in [0.05, 0.1) is 12.2 Å². The lowest BCUT2D eigenvalue weighted by atomic mass is 10.1. The van der Waals surface area contributed by atoms with E-state index in [0.29, 0.717) is 23.6 Å². The van der Waals surface area contributed by atoms with Gasteiger partial charge in [0.2, 0.25) is 6.29 Å². The second kappa shape index (κ2) is 4.31. The fourth-order valence-electron chi connectivity index (χ4n) is 1.96. The van der Waals surface area contributed by atoms with Crippen molar-refractivity contribution in [2.75, 3.05) is 5.73 Å². The van der Waals surface area contributed by atoms with E-state index in [4.69, 9.17) is 15.2 Å². The molecule has 3 nitrogen and oxygen atoms in total. The van der Waals surface area contributed by atoms with Crippen molar-refractivity contribution in [3.05, 3.63) is 59.4 Å². The molecule has 1 aliphatic heterocycles. The van der Waals surface area contributed by atoms with Crippen molar-refractivity contribution in [1.29, 1.82) is 0 Å². The van der Waals surface area contributed by atoms with Crippen LogP contribution in [0.1, 0.15) is 17.4 Å². The van der Waals surface area contributed by atoms with E-state index in [1.54, 1.807) is 36.4 Å². The summed E-state index contributed by atoms with van der Waals surface area (Å²) in [5.41, 5.74) is 7.62. The normalized spacial score (nSPS) is 17.9. The topological polar surface area (TPSA) is 44.5 Å². The molecule has 0 saturated heterocycles. The monoisotopic (exact) mass is 245 g/mol. The predicted octanol–water partition coefficient (Wildman–Crippen LogP) is 3.02. The summed E-state index contributed by atoms with van der Waals surface area (Å²) in [6.07, 6.45) is -0.706. The Kier molecular flexibility index (Phi) is 2.64. The van der Waals surface area contributed by atoms with E-state index in [1.165, 1.54) is 6.07 Å². The molecular weight excluding hydrogens is 233 g/mol. The van der Waals surface area contributed by atoms with Crippen LogP contribution in [0.3, 0.4) is 0 Å². The van der Waals surface area contributed by atoms with Crippen LogP contribution in [0.4, 0.5) is 10.1 Å². The minimum absolute atomic E-state index is 0.332. The molecule has 1 atom stereocenters. The first kappa shape index (κ1) is 11.0. The highest BCUT2D eigenvalue weighted by molar-refractivity contribution is 5.48. The van der Waals surface area contributed by atoms with Crippen LogP contribution in [0.25, 0.3) is 0 Å². The molecule has 3 rings (SSSR count). The molecule has 2 aromatic carbocycles. The number of rotatable bonds is 1. The summed E-state index contributed by atoms with van der Waals surface area (Å²) in [6.45, 7) is 0.360. The molecule has 0 aliphatic carbocycles. The Bertz CT molecular complexity index is 586. The highest BCUT2D eigenvalue weighted by atomic mass is 19.1. The number of hydrogen-bond acceptors (Lipinski definition) is 3. The quantitative estimate of drug-likeness (QED) is 0.785. The van der Waals surface area contributed by atoms with Gasteiger partial charge in [0.15, 0.2) is 0 Å². The summed E-state index contributed by atoms with van der Waals surface area (Å²) in [7, 11) is 0. The van der Waals surface area contributed by atoms with Crippen LogP contribution in [0.5, 0.6) is 5.75 Å². The summed E-state index contributed by atoms with van der Waals surface area (Å²) >= 11 is 0. The van der Waals surface area contributed by atoms with Crippen molar-refractivity contribution >= 4 is 5.69 Å². The van der Waals surface area contributed by atoms with E-state index in [2.05, 4.69) is 0 Å². The van der Waals surface area contributed by atoms with Gasteiger partial charge >= 0.3 is 0 Å². The molecule has 2 N–H and O–H groups in total. The Hall–Kier alpha value is -2.07. The largest absolute Gasteiger partial charge is 0.460 e. The number of nitrogens with two attached hydrogens (primary N) is 1. The number of anilines is 1. The van der Waals surface area contributed by atoms with Gasteiger partial charge in [-0.1, -0.05) is 12.1 Å². The maximum absolute atomic E-state index is 13.6. The Morgan fingerprint density at radius 1 is 1.17 bits per heavy atom. The van der Waals surface area contributed by atoms with Crippen LogP contribution < -0.4 is 10.5 Å². The van der Waals surface area contributed by atoms with E-state index in [9.17, 15) is 4.39 Å². The van der Waals surface area contributed by atoms with Crippen molar-refractivity contribution in [2.45, 2.75) is 12.9 Å². The summed E-state index contributed by atoms with van der Waals surface area (Å²) in [5.74, 6) is 0.352. The Labute approximate surface area is 104 Å². The highest BCUT2D eigenvalue weighted by Gasteiger charge is 2.24. The number of hydrogen-bond donors (Lipinski definition) is 1. The van der Waals surface area contributed by atoms with E-state index in [0.717, 1.165) is 5.56 Å². The Balaban J connectivity index is 1.92. The maximum Gasteiger partial charge on any atom is 0.229 e. The standard InChI is InChI=1S/C14H12FNO2/c15-12-4-2-1-3-11(12)14-17-8-9-7-10(16)5-6-13(9)18-14/h1-7,14H,8,16H2. The molecule has 2 aromatic rings. The fourth-order valence-corrected chi connectivity index (χ4v) is 1.96. The second-order valence-electron chi connectivity index (χ2n) is 4.15. The molecule has 1 aliphatic rings. The molecule has 1 unspecified atom stereocenters. The van der Waals surface area contributed by atoms with Gasteiger partial charge in [-0.2, -0.15) is 0 Å². The van der Waals surface area contributed by atoms with Gasteiger partial charge in [-0.05, 0) is 30.3 Å². The number of ether oxygens (including phenoxy) is 2. The minimum Gasteiger partial charge on any atom is -0.460 e. The van der Waals surface area contributed by atoms with E-state index >= 15 is 0 Å². The van der Waals surface area contributed by atoms with Crippen molar-refractivity contribution in [3.8, 4) is 5.75 Å². The average Bonchev–Trinajstić information content (AvgIpc) is 2.39. The summed E-state index contributed by atoms with van der Waals surface area (Å²) < 4.78 is 24.8. The van der Waals surface area contributed by atoms with Crippen LogP contribution in [-0.2, 0) is 11.3 Å². The molecule has 0 bridgehead atoms. The van der Waals surface area contributed by atoms with Crippen molar-refractivity contribution in [1.82, 2.24) is 0 Å². The molecule has 0 spiro atoms. The molecule has 92 valence electrons. The van der Waals surface area contributed by atoms with E-state index < -0.39 is 6.29 Å². The van der Waals surface area contributed by atoms with Crippen molar-refractivity contribution < 1.29 is 13.9 Å². The van der Waals surface area contributed by atoms with Crippen LogP contribution in [-0.4, -0.2) is 0 Å². The van der Waals surface area contributed by atoms with Gasteiger partial charge in [0.1, 0.15) is 11.6 Å². The van der Waals surface area contributed by atoms with Crippen molar-refractivity contribution in [3.63, 3.8) is 0 Å². The lowest BCUT2D eigenvalue weighted by molar-refractivity contribution is -0.113. The zero-order valence-electron chi connectivity index (χ0n) is 9.60. The highest BCUT2D eigenvalue weighted by Crippen LogP contribution is 2.34. The van der Waals surface area contributed by atoms with E-state index in [-0.39, 0.29) is 5.82 Å². The summed E-state index contributed by atoms with van der Waals surface area (Å²) in [5, 5.41) is 0. The zero-order chi connectivity index (χ0) is 12.5. The van der Waals surface area contributed by atoms with Gasteiger partial charge < -0.3 is 15.2 Å². The summed E-state index contributed by atoms with van der Waals surface area (Å²) in [4.78, 5) is 0. The maximum atomic E-state index is 13.6. The fraction of sp³-hybridized carbons (Fsp3) is 0.143. The number of halogens is 1. The first-order valence-corrected chi connectivity index (χ1v) is 5.65. The van der Waals surface area contributed by atoms with Crippen LogP contribution >= 0.6 is 0 Å². The molecular formula is C14H12FNO2. The van der Waals surface area contributed by atoms with Gasteiger partial charge in [-0.3, -0.25) is 0 Å². The third-order valence-corrected chi connectivity index (χ3v) is 2.87. The summed E-state index contributed by atoms with van der Waals surface area (Å²) in [6, 6.07) is 11.8. The Morgan fingerprint density at radius 3 is 2.83 bits per heavy atom. The SMILES string of the molecule is Nc1ccc2c(c1)COC(c1ccccc1F)O2. The molecule has 4 heteroatoms. The number of benzene rings is 2. The van der Waals surface area contributed by atoms with Gasteiger partial charge in [0.25, 0.3) is 0 Å². The van der Waals surface area contributed by atoms with Crippen LogP contribution in [0.2, 0.25) is 0 Å². The van der Waals surface area contributed by atoms with Crippen molar-refractivity contribution in [2.24, 2.45) is 0 Å². The van der Waals surface area contributed by atoms with Gasteiger partial charge in [-0.15, -0.1) is 0 Å². The lowest BCUT2D eigenvalue weighted by Gasteiger charge is -2.27. The lowest BCUT2D eigenvalue weighted by Crippen LogP contribution is -2.19. The number of fused-ring (bicyclic) bond motifs is 1. The van der Waals surface area contributed by atoms with E-state index in [1.807, 2.05) is 0 Å². The Morgan fingerprint density at radius 2 is 2.00 bits per heavy atom. The number of nitrogen functional groups attached to an aromatic ring is 1. The first-order valence-electron chi connectivity index (χ1n) is 5.65. The molecule has 0 saturated carbocycles. The third-order valence-electron chi connectivity index (χ3n) is 2.87. The van der Waals surface area contributed by atoms with Crippen LogP contribution in [0, 0.1) is 5.82 Å². The first-order chi connectivity index (χ1) is 8.74. The average molecular weight is 245 g/mol. The van der Waals surface area contributed by atoms with Crippen LogP contribution in [0.15, 0.2) is 42.5 Å². The van der Waals surface area contributed by atoms with Gasteiger partial charge in [-0.25, -0.2) is 4.39 Å². The zero-order valence-corrected chi connectivity index (χ0v) is 9.60. The second-order valence-corrected chi connectivity index (χ2v) is 4.15. The molecule has 0 radical (unpaired) electrons. The third kappa shape index (κ3) is 1.91. The molecule has 0 fully saturated rings. The smallest absolute Gasteiger partial charge is 0.229 e. The van der Waals surface area contributed by atoms with Gasteiger partial charge in [0, 0.05) is 11.3 Å². The molecule has 1 heterocycles. The molecule has 18 heavy (non-hydrogen) atoms. The minimum atomic E-state index is -0.706.